The second-order valence-electron chi connectivity index (χ2n) is 8.23. The van der Waals surface area contributed by atoms with Gasteiger partial charge in [0.25, 0.3) is 5.91 Å². The molecule has 5 rings (SSSR count). The standard InChI is InChI=1S/C19H21BrN2O3/c1-18(2,3)25-17(24)22-7-6-12-14(22)5-4-13(20)15(12)16(23)21-19-8-11(9-19)10-19/h4-7,11H,8-10H2,1-3H3,(H,21,23). The third-order valence-electron chi connectivity index (χ3n) is 5.06. The van der Waals surface area contributed by atoms with Gasteiger partial charge in [0, 0.05) is 21.6 Å². The molecule has 2 bridgehead atoms. The van der Waals surface area contributed by atoms with Crippen molar-refractivity contribution >= 4 is 38.8 Å². The molecule has 0 atom stereocenters. The molecule has 6 heteroatoms. The Morgan fingerprint density at radius 2 is 1.92 bits per heavy atom. The van der Waals surface area contributed by atoms with Crippen molar-refractivity contribution in [3.63, 3.8) is 0 Å². The molecule has 1 aromatic heterocycles. The number of carbonyl (C=O) groups is 2. The van der Waals surface area contributed by atoms with Crippen LogP contribution in [0.3, 0.4) is 0 Å². The number of carbonyl (C=O) groups excluding carboxylic acids is 2. The largest absolute Gasteiger partial charge is 0.443 e. The van der Waals surface area contributed by atoms with Crippen LogP contribution in [-0.2, 0) is 4.74 Å². The van der Waals surface area contributed by atoms with Gasteiger partial charge in [0.1, 0.15) is 5.60 Å². The van der Waals surface area contributed by atoms with Crippen molar-refractivity contribution < 1.29 is 14.3 Å². The highest BCUT2D eigenvalue weighted by Crippen LogP contribution is 2.57. The van der Waals surface area contributed by atoms with Gasteiger partial charge >= 0.3 is 6.09 Å². The van der Waals surface area contributed by atoms with Crippen molar-refractivity contribution in [3.8, 4) is 0 Å². The minimum absolute atomic E-state index is 0.0110. The molecule has 2 aromatic rings. The molecule has 3 aliphatic carbocycles. The number of aromatic nitrogens is 1. The summed E-state index contributed by atoms with van der Waals surface area (Å²) < 4.78 is 7.62. The summed E-state index contributed by atoms with van der Waals surface area (Å²) in [6, 6.07) is 5.42. The lowest BCUT2D eigenvalue weighted by atomic mass is 9.50. The van der Waals surface area contributed by atoms with E-state index in [9.17, 15) is 9.59 Å². The number of hydrogen-bond acceptors (Lipinski definition) is 3. The van der Waals surface area contributed by atoms with Crippen LogP contribution >= 0.6 is 15.9 Å². The second-order valence-corrected chi connectivity index (χ2v) is 9.09. The Balaban J connectivity index is 1.69. The molecular formula is C19H21BrN2O3. The molecule has 1 amide bonds. The monoisotopic (exact) mass is 404 g/mol. The zero-order valence-electron chi connectivity index (χ0n) is 14.6. The Kier molecular flexibility index (Phi) is 3.55. The predicted molar refractivity (Wildman–Crippen MR) is 98.8 cm³/mol. The fourth-order valence-corrected chi connectivity index (χ4v) is 4.35. The van der Waals surface area contributed by atoms with E-state index in [-0.39, 0.29) is 11.4 Å². The maximum Gasteiger partial charge on any atom is 0.418 e. The van der Waals surface area contributed by atoms with E-state index in [1.165, 1.54) is 4.57 Å². The Morgan fingerprint density at radius 3 is 2.48 bits per heavy atom. The highest BCUT2D eigenvalue weighted by molar-refractivity contribution is 9.10. The zero-order chi connectivity index (χ0) is 18.0. The molecule has 25 heavy (non-hydrogen) atoms. The number of fused-ring (bicyclic) bond motifs is 1. The van der Waals surface area contributed by atoms with E-state index in [0.29, 0.717) is 11.1 Å². The molecule has 1 aromatic carbocycles. The van der Waals surface area contributed by atoms with Crippen LogP contribution in [0.4, 0.5) is 4.79 Å². The summed E-state index contributed by atoms with van der Waals surface area (Å²) in [6.07, 6.45) is 4.47. The fraction of sp³-hybridized carbons (Fsp3) is 0.474. The van der Waals surface area contributed by atoms with E-state index >= 15 is 0 Å². The van der Waals surface area contributed by atoms with Crippen molar-refractivity contribution in [1.82, 2.24) is 9.88 Å². The summed E-state index contributed by atoms with van der Waals surface area (Å²) in [7, 11) is 0. The van der Waals surface area contributed by atoms with Gasteiger partial charge < -0.3 is 10.1 Å². The van der Waals surface area contributed by atoms with Crippen LogP contribution in [0.15, 0.2) is 28.9 Å². The van der Waals surface area contributed by atoms with E-state index in [1.807, 2.05) is 26.8 Å². The summed E-state index contributed by atoms with van der Waals surface area (Å²) in [4.78, 5) is 25.3. The Bertz CT molecular complexity index is 877. The van der Waals surface area contributed by atoms with Crippen LogP contribution in [-0.4, -0.2) is 27.7 Å². The molecule has 0 radical (unpaired) electrons. The maximum absolute atomic E-state index is 12.9. The SMILES string of the molecule is CC(C)(C)OC(=O)n1ccc2c(C(=O)NC34CC(C3)C4)c(Br)ccc21. The first kappa shape index (κ1) is 16.6. The first-order valence-electron chi connectivity index (χ1n) is 8.53. The number of rotatable bonds is 2. The van der Waals surface area contributed by atoms with Gasteiger partial charge in [-0.1, -0.05) is 0 Å². The Hall–Kier alpha value is -1.82. The molecule has 132 valence electrons. The maximum atomic E-state index is 12.9. The molecule has 0 aliphatic heterocycles. The summed E-state index contributed by atoms with van der Waals surface area (Å²) >= 11 is 3.49. The van der Waals surface area contributed by atoms with E-state index in [2.05, 4.69) is 21.2 Å². The van der Waals surface area contributed by atoms with Gasteiger partial charge in [0.05, 0.1) is 11.1 Å². The molecule has 3 aliphatic rings. The van der Waals surface area contributed by atoms with Gasteiger partial charge in [-0.05, 0) is 80.1 Å². The van der Waals surface area contributed by atoms with E-state index < -0.39 is 11.7 Å². The van der Waals surface area contributed by atoms with Crippen LogP contribution in [0.5, 0.6) is 0 Å². The fourth-order valence-electron chi connectivity index (χ4n) is 3.83. The third kappa shape index (κ3) is 2.76. The minimum atomic E-state index is -0.576. The Morgan fingerprint density at radius 1 is 1.24 bits per heavy atom. The number of nitrogens with one attached hydrogen (secondary N) is 1. The first-order valence-corrected chi connectivity index (χ1v) is 9.32. The van der Waals surface area contributed by atoms with Crippen LogP contribution in [0, 0.1) is 5.92 Å². The average Bonchev–Trinajstić information content (AvgIpc) is 2.83. The molecule has 1 N–H and O–H groups in total. The second kappa shape index (κ2) is 5.34. The number of benzene rings is 1. The summed E-state index contributed by atoms with van der Waals surface area (Å²) in [5, 5.41) is 3.93. The number of hydrogen-bond donors (Lipinski definition) is 1. The van der Waals surface area contributed by atoms with Gasteiger partial charge in [0.2, 0.25) is 0 Å². The van der Waals surface area contributed by atoms with Crippen molar-refractivity contribution in [2.24, 2.45) is 5.92 Å². The number of amides is 1. The van der Waals surface area contributed by atoms with E-state index in [4.69, 9.17) is 4.74 Å². The van der Waals surface area contributed by atoms with Gasteiger partial charge in [-0.3, -0.25) is 9.36 Å². The molecule has 3 saturated carbocycles. The lowest BCUT2D eigenvalue weighted by Crippen LogP contribution is -2.68. The van der Waals surface area contributed by atoms with Crippen molar-refractivity contribution in [2.75, 3.05) is 0 Å². The summed E-state index contributed by atoms with van der Waals surface area (Å²) in [5.41, 5.74) is 0.675. The van der Waals surface area contributed by atoms with Crippen LogP contribution < -0.4 is 5.32 Å². The van der Waals surface area contributed by atoms with Crippen molar-refractivity contribution in [2.45, 2.75) is 51.2 Å². The molecule has 1 heterocycles. The lowest BCUT2D eigenvalue weighted by molar-refractivity contribution is -0.0438. The number of nitrogens with zero attached hydrogens (tertiary/aromatic N) is 1. The summed E-state index contributed by atoms with van der Waals surface area (Å²) in [6.45, 7) is 5.49. The van der Waals surface area contributed by atoms with Crippen molar-refractivity contribution in [3.05, 3.63) is 34.4 Å². The number of ether oxygens (including phenoxy) is 1. The molecular weight excluding hydrogens is 384 g/mol. The quantitative estimate of drug-likeness (QED) is 0.802. The van der Waals surface area contributed by atoms with Crippen LogP contribution in [0.25, 0.3) is 10.9 Å². The van der Waals surface area contributed by atoms with E-state index in [1.54, 1.807) is 18.3 Å². The topological polar surface area (TPSA) is 60.3 Å². The average molecular weight is 405 g/mol. The number of halogens is 1. The molecule has 5 nitrogen and oxygen atoms in total. The molecule has 0 unspecified atom stereocenters. The minimum Gasteiger partial charge on any atom is -0.443 e. The van der Waals surface area contributed by atoms with Gasteiger partial charge in [-0.2, -0.15) is 0 Å². The lowest BCUT2D eigenvalue weighted by Gasteiger charge is -2.61. The van der Waals surface area contributed by atoms with Crippen LogP contribution in [0.1, 0.15) is 50.4 Å². The van der Waals surface area contributed by atoms with Gasteiger partial charge in [-0.25, -0.2) is 4.79 Å². The van der Waals surface area contributed by atoms with Crippen molar-refractivity contribution in [1.29, 1.82) is 0 Å². The smallest absolute Gasteiger partial charge is 0.418 e. The molecule has 0 spiro atoms. The summed E-state index contributed by atoms with van der Waals surface area (Å²) in [5.74, 6) is 0.713. The normalized spacial score (nSPS) is 24.4. The van der Waals surface area contributed by atoms with Crippen LogP contribution in [0.2, 0.25) is 0 Å². The molecule has 3 fully saturated rings. The molecule has 0 saturated heterocycles. The zero-order valence-corrected chi connectivity index (χ0v) is 16.1. The highest BCUT2D eigenvalue weighted by Gasteiger charge is 2.57. The predicted octanol–water partition coefficient (Wildman–Crippen LogP) is 4.47. The third-order valence-corrected chi connectivity index (χ3v) is 5.72. The Labute approximate surface area is 154 Å². The highest BCUT2D eigenvalue weighted by atomic mass is 79.9. The first-order chi connectivity index (χ1) is 11.7. The van der Waals surface area contributed by atoms with Gasteiger partial charge in [0.15, 0.2) is 0 Å². The van der Waals surface area contributed by atoms with E-state index in [0.717, 1.165) is 35.0 Å². The van der Waals surface area contributed by atoms with Gasteiger partial charge in [-0.15, -0.1) is 0 Å².